The molecular weight excluding hydrogens is 234 g/mol. The van der Waals surface area contributed by atoms with E-state index in [1.165, 1.54) is 5.56 Å². The summed E-state index contributed by atoms with van der Waals surface area (Å²) in [5.74, 6) is 0. The van der Waals surface area contributed by atoms with Gasteiger partial charge in [-0.3, -0.25) is 0 Å². The molecule has 2 nitrogen and oxygen atoms in total. The lowest BCUT2D eigenvalue weighted by Gasteiger charge is -2.28. The van der Waals surface area contributed by atoms with Crippen LogP contribution in [0, 0.1) is 0 Å². The molecule has 0 amide bonds. The molecule has 1 heterocycles. The average Bonchev–Trinajstić information content (AvgIpc) is 2.62. The molecule has 1 N–H and O–H groups in total. The topological polar surface area (TPSA) is 23.5 Å². The second kappa shape index (κ2) is 6.53. The first-order valence-corrected chi connectivity index (χ1v) is 7.72. The second-order valence-electron chi connectivity index (χ2n) is 5.77. The largest absolute Gasteiger partial charge is 0.385 e. The lowest BCUT2D eigenvalue weighted by molar-refractivity contribution is 0.0213. The number of likely N-dealkylation sites (tertiary alicyclic amines) is 1. The van der Waals surface area contributed by atoms with E-state index in [2.05, 4.69) is 43.0 Å². The third kappa shape index (κ3) is 3.58. The van der Waals surface area contributed by atoms with Gasteiger partial charge >= 0.3 is 0 Å². The van der Waals surface area contributed by atoms with Crippen molar-refractivity contribution >= 4 is 0 Å². The summed E-state index contributed by atoms with van der Waals surface area (Å²) in [6, 6.07) is 8.58. The monoisotopic (exact) mass is 261 g/mol. The lowest BCUT2D eigenvalue weighted by atomic mass is 9.86. The van der Waals surface area contributed by atoms with Crippen molar-refractivity contribution in [3.05, 3.63) is 35.4 Å². The van der Waals surface area contributed by atoms with E-state index in [0.29, 0.717) is 0 Å². The van der Waals surface area contributed by atoms with Crippen LogP contribution in [0.15, 0.2) is 24.3 Å². The zero-order chi connectivity index (χ0) is 13.7. The summed E-state index contributed by atoms with van der Waals surface area (Å²) in [4.78, 5) is 2.44. The van der Waals surface area contributed by atoms with Gasteiger partial charge in [0.15, 0.2) is 0 Å². The van der Waals surface area contributed by atoms with Crippen LogP contribution in [0.2, 0.25) is 0 Å². The Kier molecular flexibility index (Phi) is 5.00. The van der Waals surface area contributed by atoms with Crippen molar-refractivity contribution in [1.29, 1.82) is 0 Å². The highest BCUT2D eigenvalue weighted by molar-refractivity contribution is 5.28. The number of hydrogen-bond acceptors (Lipinski definition) is 2. The molecule has 0 aromatic heterocycles. The molecular formula is C17H27NO. The SMILES string of the molecule is CCCc1cccc(C2(O)CCCN(CC)CC2)c1. The molecule has 0 spiro atoms. The summed E-state index contributed by atoms with van der Waals surface area (Å²) in [6.07, 6.45) is 5.09. The number of hydrogen-bond donors (Lipinski definition) is 1. The van der Waals surface area contributed by atoms with Crippen LogP contribution in [0.5, 0.6) is 0 Å². The van der Waals surface area contributed by atoms with Gasteiger partial charge in [-0.05, 0) is 49.9 Å². The molecule has 106 valence electrons. The summed E-state index contributed by atoms with van der Waals surface area (Å²) >= 11 is 0. The Morgan fingerprint density at radius 2 is 2.05 bits per heavy atom. The normalized spacial score (nSPS) is 25.2. The van der Waals surface area contributed by atoms with E-state index in [4.69, 9.17) is 0 Å². The molecule has 1 aliphatic rings. The quantitative estimate of drug-likeness (QED) is 0.898. The van der Waals surface area contributed by atoms with Crippen LogP contribution in [-0.4, -0.2) is 29.6 Å². The summed E-state index contributed by atoms with van der Waals surface area (Å²) in [7, 11) is 0. The Morgan fingerprint density at radius 3 is 2.79 bits per heavy atom. The zero-order valence-electron chi connectivity index (χ0n) is 12.4. The summed E-state index contributed by atoms with van der Waals surface area (Å²) < 4.78 is 0. The molecule has 1 aromatic carbocycles. The predicted octanol–water partition coefficient (Wildman–Crippen LogP) is 3.33. The van der Waals surface area contributed by atoms with Crippen LogP contribution in [0.1, 0.15) is 50.7 Å². The van der Waals surface area contributed by atoms with E-state index >= 15 is 0 Å². The summed E-state index contributed by atoms with van der Waals surface area (Å²) in [6.45, 7) is 7.61. The van der Waals surface area contributed by atoms with Gasteiger partial charge in [-0.25, -0.2) is 0 Å². The molecule has 1 aliphatic heterocycles. The maximum Gasteiger partial charge on any atom is 0.0909 e. The van der Waals surface area contributed by atoms with E-state index in [-0.39, 0.29) is 0 Å². The first kappa shape index (κ1) is 14.5. The second-order valence-corrected chi connectivity index (χ2v) is 5.77. The highest BCUT2D eigenvalue weighted by atomic mass is 16.3. The van der Waals surface area contributed by atoms with Crippen molar-refractivity contribution in [1.82, 2.24) is 4.90 Å². The number of rotatable bonds is 4. The van der Waals surface area contributed by atoms with Crippen molar-refractivity contribution < 1.29 is 5.11 Å². The van der Waals surface area contributed by atoms with Gasteiger partial charge in [-0.1, -0.05) is 44.5 Å². The van der Waals surface area contributed by atoms with E-state index < -0.39 is 5.60 Å². The first-order chi connectivity index (χ1) is 9.18. The predicted molar refractivity (Wildman–Crippen MR) is 80.3 cm³/mol. The van der Waals surface area contributed by atoms with Crippen molar-refractivity contribution in [2.75, 3.05) is 19.6 Å². The van der Waals surface area contributed by atoms with Crippen LogP contribution in [0.3, 0.4) is 0 Å². The number of nitrogens with zero attached hydrogens (tertiary/aromatic N) is 1. The highest BCUT2D eigenvalue weighted by Crippen LogP contribution is 2.33. The number of benzene rings is 1. The zero-order valence-corrected chi connectivity index (χ0v) is 12.4. The average molecular weight is 261 g/mol. The van der Waals surface area contributed by atoms with E-state index in [1.807, 2.05) is 0 Å². The van der Waals surface area contributed by atoms with E-state index in [0.717, 1.165) is 57.3 Å². The smallest absolute Gasteiger partial charge is 0.0909 e. The Morgan fingerprint density at radius 1 is 1.21 bits per heavy atom. The van der Waals surface area contributed by atoms with Gasteiger partial charge < -0.3 is 10.0 Å². The summed E-state index contributed by atoms with van der Waals surface area (Å²) in [5, 5.41) is 11.0. The summed E-state index contributed by atoms with van der Waals surface area (Å²) in [5.41, 5.74) is 1.86. The van der Waals surface area contributed by atoms with Gasteiger partial charge in [0.1, 0.15) is 0 Å². The van der Waals surface area contributed by atoms with E-state index in [1.54, 1.807) is 0 Å². The van der Waals surface area contributed by atoms with Gasteiger partial charge in [0, 0.05) is 6.54 Å². The molecule has 0 saturated carbocycles. The molecule has 0 aliphatic carbocycles. The molecule has 0 radical (unpaired) electrons. The standard InChI is InChI=1S/C17H27NO/c1-3-7-15-8-5-9-16(14-15)17(19)10-6-12-18(4-2)13-11-17/h5,8-9,14,19H,3-4,6-7,10-13H2,1-2H3. The maximum absolute atomic E-state index is 11.0. The Bertz CT molecular complexity index is 404. The molecule has 2 rings (SSSR count). The van der Waals surface area contributed by atoms with Gasteiger partial charge in [0.25, 0.3) is 0 Å². The lowest BCUT2D eigenvalue weighted by Crippen LogP contribution is -2.29. The molecule has 1 aromatic rings. The fourth-order valence-electron chi connectivity index (χ4n) is 3.08. The fourth-order valence-corrected chi connectivity index (χ4v) is 3.08. The van der Waals surface area contributed by atoms with Crippen molar-refractivity contribution in [3.63, 3.8) is 0 Å². The Balaban J connectivity index is 2.16. The minimum Gasteiger partial charge on any atom is -0.385 e. The van der Waals surface area contributed by atoms with Gasteiger partial charge in [0.05, 0.1) is 5.60 Å². The Hall–Kier alpha value is -0.860. The minimum atomic E-state index is -0.617. The van der Waals surface area contributed by atoms with Crippen molar-refractivity contribution in [2.45, 2.75) is 51.6 Å². The highest BCUT2D eigenvalue weighted by Gasteiger charge is 2.31. The molecule has 1 saturated heterocycles. The van der Waals surface area contributed by atoms with Crippen LogP contribution in [0.4, 0.5) is 0 Å². The van der Waals surface area contributed by atoms with Gasteiger partial charge in [0.2, 0.25) is 0 Å². The van der Waals surface area contributed by atoms with Crippen LogP contribution in [-0.2, 0) is 12.0 Å². The molecule has 19 heavy (non-hydrogen) atoms. The maximum atomic E-state index is 11.0. The van der Waals surface area contributed by atoms with Crippen molar-refractivity contribution in [3.8, 4) is 0 Å². The van der Waals surface area contributed by atoms with Crippen LogP contribution < -0.4 is 0 Å². The van der Waals surface area contributed by atoms with Crippen LogP contribution >= 0.6 is 0 Å². The number of aryl methyl sites for hydroxylation is 1. The third-order valence-electron chi connectivity index (χ3n) is 4.36. The van der Waals surface area contributed by atoms with E-state index in [9.17, 15) is 5.11 Å². The molecule has 1 fully saturated rings. The van der Waals surface area contributed by atoms with Gasteiger partial charge in [-0.2, -0.15) is 0 Å². The minimum absolute atomic E-state index is 0.617. The fraction of sp³-hybridized carbons (Fsp3) is 0.647. The first-order valence-electron chi connectivity index (χ1n) is 7.72. The Labute approximate surface area is 117 Å². The molecule has 1 atom stereocenters. The van der Waals surface area contributed by atoms with Crippen molar-refractivity contribution in [2.24, 2.45) is 0 Å². The van der Waals surface area contributed by atoms with Crippen LogP contribution in [0.25, 0.3) is 0 Å². The number of aliphatic hydroxyl groups is 1. The molecule has 1 unspecified atom stereocenters. The van der Waals surface area contributed by atoms with Gasteiger partial charge in [-0.15, -0.1) is 0 Å². The molecule has 2 heteroatoms. The third-order valence-corrected chi connectivity index (χ3v) is 4.36. The molecule has 0 bridgehead atoms.